The second kappa shape index (κ2) is 7.55. The van der Waals surface area contributed by atoms with Gasteiger partial charge in [-0.05, 0) is 63.1 Å². The average molecular weight is 336 g/mol. The zero-order valence-electron chi connectivity index (χ0n) is 13.9. The Hall–Kier alpha value is -1.94. The second-order valence-electron chi connectivity index (χ2n) is 5.78. The highest BCUT2D eigenvalue weighted by Crippen LogP contribution is 2.21. The Kier molecular flexibility index (Phi) is 5.72. The van der Waals surface area contributed by atoms with Gasteiger partial charge in [0.2, 0.25) is 0 Å². The first-order chi connectivity index (χ1) is 10.8. The molecule has 0 fully saturated rings. The molecule has 0 radical (unpaired) electrons. The lowest BCUT2D eigenvalue weighted by atomic mass is 10.1. The predicted octanol–water partition coefficient (Wildman–Crippen LogP) is 4.39. The lowest BCUT2D eigenvalue weighted by Gasteiger charge is -2.16. The highest BCUT2D eigenvalue weighted by Gasteiger charge is 2.15. The van der Waals surface area contributed by atoms with Gasteiger partial charge in [0.05, 0.1) is 11.9 Å². The number of aryl methyl sites for hydroxylation is 2. The number of hydrogen-bond donors (Lipinski definition) is 1. The molecule has 0 aliphatic rings. The van der Waals surface area contributed by atoms with Crippen LogP contribution in [0, 0.1) is 13.8 Å². The summed E-state index contributed by atoms with van der Waals surface area (Å²) in [7, 11) is 0. The molecule has 0 bridgehead atoms. The van der Waals surface area contributed by atoms with Gasteiger partial charge in [0, 0.05) is 0 Å². The number of halogens is 1. The van der Waals surface area contributed by atoms with Crippen molar-refractivity contribution in [3.8, 4) is 5.75 Å². The Balaban J connectivity index is 1.87. The normalized spacial score (nSPS) is 13.4. The van der Waals surface area contributed by atoms with E-state index in [0.717, 1.165) is 16.9 Å². The summed E-state index contributed by atoms with van der Waals surface area (Å²) in [5, 5.41) is 2.54. The van der Waals surface area contributed by atoms with Crippen molar-refractivity contribution in [1.82, 2.24) is 5.32 Å². The lowest BCUT2D eigenvalue weighted by Crippen LogP contribution is -2.33. The van der Waals surface area contributed by atoms with Crippen LogP contribution in [0.15, 0.2) is 34.7 Å². The van der Waals surface area contributed by atoms with Crippen LogP contribution in [0.1, 0.15) is 46.7 Å². The molecule has 5 heteroatoms. The summed E-state index contributed by atoms with van der Waals surface area (Å²) in [6, 6.07) is 9.38. The number of carbonyl (C=O) groups excluding carboxylic acids is 1. The van der Waals surface area contributed by atoms with Crippen LogP contribution in [0.4, 0.5) is 0 Å². The van der Waals surface area contributed by atoms with E-state index < -0.39 is 0 Å². The molecule has 0 aliphatic heterocycles. The summed E-state index contributed by atoms with van der Waals surface area (Å²) < 4.78 is 11.2. The van der Waals surface area contributed by atoms with E-state index in [1.54, 1.807) is 19.1 Å². The maximum atomic E-state index is 12.0. The highest BCUT2D eigenvalue weighted by atomic mass is 35.5. The van der Waals surface area contributed by atoms with Gasteiger partial charge in [-0.2, -0.15) is 0 Å². The number of nitrogens with one attached hydrogen (secondary N) is 1. The van der Waals surface area contributed by atoms with Crippen molar-refractivity contribution < 1.29 is 13.9 Å². The number of rotatable bonds is 6. The minimum Gasteiger partial charge on any atom is -0.489 e. The fraction of sp³-hybridized carbons (Fsp3) is 0.389. The molecule has 124 valence electrons. The Morgan fingerprint density at radius 2 is 1.87 bits per heavy atom. The SMILES string of the molecule is Cc1cc(C)cc(OC(C)CNC(=O)c2ccc(C(C)Cl)o2)c1. The molecule has 2 aromatic rings. The van der Waals surface area contributed by atoms with Crippen LogP contribution < -0.4 is 10.1 Å². The van der Waals surface area contributed by atoms with Crippen LogP contribution in [0.5, 0.6) is 5.75 Å². The third-order valence-electron chi connectivity index (χ3n) is 3.33. The molecule has 2 unspecified atom stereocenters. The Morgan fingerprint density at radius 1 is 1.22 bits per heavy atom. The van der Waals surface area contributed by atoms with Crippen molar-refractivity contribution in [3.05, 3.63) is 53.0 Å². The van der Waals surface area contributed by atoms with Crippen molar-refractivity contribution in [3.63, 3.8) is 0 Å². The summed E-state index contributed by atoms with van der Waals surface area (Å²) in [5.41, 5.74) is 2.30. The zero-order valence-corrected chi connectivity index (χ0v) is 14.6. The third kappa shape index (κ3) is 5.03. The van der Waals surface area contributed by atoms with E-state index in [9.17, 15) is 4.79 Å². The first kappa shape index (κ1) is 17.4. The number of hydrogen-bond acceptors (Lipinski definition) is 3. The second-order valence-corrected chi connectivity index (χ2v) is 6.43. The van der Waals surface area contributed by atoms with Gasteiger partial charge in [0.1, 0.15) is 17.6 Å². The van der Waals surface area contributed by atoms with E-state index >= 15 is 0 Å². The van der Waals surface area contributed by atoms with Crippen LogP contribution in [0.3, 0.4) is 0 Å². The van der Waals surface area contributed by atoms with E-state index in [4.69, 9.17) is 20.8 Å². The number of benzene rings is 1. The number of ether oxygens (including phenoxy) is 1. The Bertz CT molecular complexity index is 658. The van der Waals surface area contributed by atoms with E-state index in [0.29, 0.717) is 12.3 Å². The van der Waals surface area contributed by atoms with Gasteiger partial charge < -0.3 is 14.5 Å². The molecule has 1 aromatic carbocycles. The fourth-order valence-corrected chi connectivity index (χ4v) is 2.40. The number of furan rings is 1. The molecule has 1 N–H and O–H groups in total. The van der Waals surface area contributed by atoms with Gasteiger partial charge in [0.25, 0.3) is 5.91 Å². The molecular formula is C18H22ClNO3. The van der Waals surface area contributed by atoms with Gasteiger partial charge in [-0.15, -0.1) is 11.6 Å². The maximum Gasteiger partial charge on any atom is 0.287 e. The van der Waals surface area contributed by atoms with Crippen LogP contribution in [-0.4, -0.2) is 18.6 Å². The summed E-state index contributed by atoms with van der Waals surface area (Å²) in [6.45, 7) is 8.14. The minimum absolute atomic E-state index is 0.151. The van der Waals surface area contributed by atoms with Crippen LogP contribution in [0.2, 0.25) is 0 Å². The van der Waals surface area contributed by atoms with E-state index in [1.165, 1.54) is 0 Å². The molecule has 23 heavy (non-hydrogen) atoms. The Morgan fingerprint density at radius 3 is 2.43 bits per heavy atom. The van der Waals surface area contributed by atoms with E-state index in [1.807, 2.05) is 32.9 Å². The molecule has 2 atom stereocenters. The van der Waals surface area contributed by atoms with Crippen molar-refractivity contribution in [2.24, 2.45) is 0 Å². The van der Waals surface area contributed by atoms with Crippen molar-refractivity contribution in [2.45, 2.75) is 39.2 Å². The molecule has 0 saturated carbocycles. The summed E-state index contributed by atoms with van der Waals surface area (Å²) in [6.07, 6.45) is -0.151. The van der Waals surface area contributed by atoms with Crippen molar-refractivity contribution in [1.29, 1.82) is 0 Å². The van der Waals surface area contributed by atoms with Crippen LogP contribution in [0.25, 0.3) is 0 Å². The first-order valence-electron chi connectivity index (χ1n) is 7.62. The molecule has 1 aromatic heterocycles. The van der Waals surface area contributed by atoms with Crippen molar-refractivity contribution in [2.75, 3.05) is 6.54 Å². The monoisotopic (exact) mass is 335 g/mol. The first-order valence-corrected chi connectivity index (χ1v) is 8.05. The number of carbonyl (C=O) groups is 1. The summed E-state index contributed by atoms with van der Waals surface area (Å²) >= 11 is 5.92. The van der Waals surface area contributed by atoms with E-state index in [2.05, 4.69) is 11.4 Å². The third-order valence-corrected chi connectivity index (χ3v) is 3.54. The smallest absolute Gasteiger partial charge is 0.287 e. The molecule has 0 aliphatic carbocycles. The Labute approximate surface area is 141 Å². The van der Waals surface area contributed by atoms with E-state index in [-0.39, 0.29) is 23.1 Å². The van der Waals surface area contributed by atoms with Gasteiger partial charge in [0.15, 0.2) is 5.76 Å². The van der Waals surface area contributed by atoms with Gasteiger partial charge in [-0.25, -0.2) is 0 Å². The molecule has 4 nitrogen and oxygen atoms in total. The van der Waals surface area contributed by atoms with Crippen molar-refractivity contribution >= 4 is 17.5 Å². The minimum atomic E-state index is -0.274. The standard InChI is InChI=1S/C18H22ClNO3/c1-11-7-12(2)9-15(8-11)22-13(3)10-20-18(21)17-6-5-16(23-17)14(4)19/h5-9,13-14H,10H2,1-4H3,(H,20,21). The topological polar surface area (TPSA) is 51.5 Å². The van der Waals surface area contributed by atoms with Crippen LogP contribution >= 0.6 is 11.6 Å². The number of amides is 1. The lowest BCUT2D eigenvalue weighted by molar-refractivity contribution is 0.0903. The molecule has 0 spiro atoms. The highest BCUT2D eigenvalue weighted by molar-refractivity contribution is 6.20. The summed E-state index contributed by atoms with van der Waals surface area (Å²) in [4.78, 5) is 12.0. The van der Waals surface area contributed by atoms with Crippen LogP contribution in [-0.2, 0) is 0 Å². The average Bonchev–Trinajstić information content (AvgIpc) is 2.93. The molecule has 0 saturated heterocycles. The quantitative estimate of drug-likeness (QED) is 0.796. The number of alkyl halides is 1. The maximum absolute atomic E-state index is 12.0. The molecule has 2 rings (SSSR count). The van der Waals surface area contributed by atoms with Gasteiger partial charge in [-0.3, -0.25) is 4.79 Å². The molecule has 1 amide bonds. The fourth-order valence-electron chi connectivity index (χ4n) is 2.29. The van der Waals surface area contributed by atoms with Gasteiger partial charge in [-0.1, -0.05) is 6.07 Å². The molecule has 1 heterocycles. The largest absolute Gasteiger partial charge is 0.489 e. The predicted molar refractivity (Wildman–Crippen MR) is 91.3 cm³/mol. The molecular weight excluding hydrogens is 314 g/mol. The zero-order chi connectivity index (χ0) is 17.0. The van der Waals surface area contributed by atoms with Gasteiger partial charge >= 0.3 is 0 Å². The summed E-state index contributed by atoms with van der Waals surface area (Å²) in [5.74, 6) is 1.37.